The van der Waals surface area contributed by atoms with Crippen molar-refractivity contribution in [2.75, 3.05) is 13.7 Å². The summed E-state index contributed by atoms with van der Waals surface area (Å²) in [7, 11) is 1.62. The third-order valence-electron chi connectivity index (χ3n) is 3.40. The molecule has 1 fully saturated rings. The molecule has 3 nitrogen and oxygen atoms in total. The zero-order valence-corrected chi connectivity index (χ0v) is 10.8. The summed E-state index contributed by atoms with van der Waals surface area (Å²) in [5.74, 6) is 0.752. The fourth-order valence-electron chi connectivity index (χ4n) is 2.22. The summed E-state index contributed by atoms with van der Waals surface area (Å²) in [5.41, 5.74) is 0.0951. The van der Waals surface area contributed by atoms with Crippen LogP contribution < -0.4 is 4.74 Å². The summed E-state index contributed by atoms with van der Waals surface area (Å²) in [6.45, 7) is 2.49. The molecule has 94 valence electrons. The average Bonchev–Trinajstić information content (AvgIpc) is 2.59. The van der Waals surface area contributed by atoms with Crippen LogP contribution in [0.3, 0.4) is 0 Å². The van der Waals surface area contributed by atoms with Gasteiger partial charge in [0, 0.05) is 24.5 Å². The molecule has 2 atom stereocenters. The molecule has 1 aromatic carbocycles. The number of halogens is 1. The third-order valence-corrected chi connectivity index (χ3v) is 3.63. The highest BCUT2D eigenvalue weighted by Crippen LogP contribution is 2.33. The number of hydrogen-bond acceptors (Lipinski definition) is 3. The van der Waals surface area contributed by atoms with Gasteiger partial charge in [0.1, 0.15) is 5.75 Å². The zero-order valence-electron chi connectivity index (χ0n) is 10.1. The minimum atomic E-state index is -0.821. The van der Waals surface area contributed by atoms with Crippen LogP contribution in [0.2, 0.25) is 5.02 Å². The van der Waals surface area contributed by atoms with Crippen LogP contribution in [0.15, 0.2) is 18.2 Å². The zero-order chi connectivity index (χ0) is 12.5. The third kappa shape index (κ3) is 2.57. The van der Waals surface area contributed by atoms with Gasteiger partial charge in [0.05, 0.1) is 18.8 Å². The van der Waals surface area contributed by atoms with Crippen LogP contribution in [0.4, 0.5) is 0 Å². The van der Waals surface area contributed by atoms with Crippen LogP contribution in [-0.2, 0) is 11.2 Å². The van der Waals surface area contributed by atoms with Gasteiger partial charge in [-0.1, -0.05) is 11.6 Å². The van der Waals surface area contributed by atoms with Crippen LogP contribution in [0, 0.1) is 0 Å². The Labute approximate surface area is 106 Å². The number of methoxy groups -OCH3 is 1. The molecule has 1 N–H and O–H groups in total. The highest BCUT2D eigenvalue weighted by molar-refractivity contribution is 6.30. The lowest BCUT2D eigenvalue weighted by atomic mass is 9.88. The van der Waals surface area contributed by atoms with Gasteiger partial charge in [-0.25, -0.2) is 0 Å². The first-order valence-electron chi connectivity index (χ1n) is 5.71. The van der Waals surface area contributed by atoms with E-state index >= 15 is 0 Å². The van der Waals surface area contributed by atoms with Gasteiger partial charge in [-0.15, -0.1) is 0 Å². The highest BCUT2D eigenvalue weighted by Gasteiger charge is 2.40. The molecule has 1 heterocycles. The van der Waals surface area contributed by atoms with Crippen molar-refractivity contribution in [1.82, 2.24) is 0 Å². The van der Waals surface area contributed by atoms with E-state index in [1.54, 1.807) is 13.2 Å². The molecule has 2 unspecified atom stereocenters. The molecule has 0 aliphatic carbocycles. The fraction of sp³-hybridized carbons (Fsp3) is 0.538. The first kappa shape index (κ1) is 12.7. The van der Waals surface area contributed by atoms with Crippen molar-refractivity contribution in [1.29, 1.82) is 0 Å². The van der Waals surface area contributed by atoms with E-state index in [4.69, 9.17) is 21.1 Å². The maximum Gasteiger partial charge on any atom is 0.122 e. The second-order valence-corrected chi connectivity index (χ2v) is 4.94. The smallest absolute Gasteiger partial charge is 0.122 e. The molecule has 0 saturated carbocycles. The number of benzene rings is 1. The van der Waals surface area contributed by atoms with E-state index in [1.807, 2.05) is 19.1 Å². The minimum absolute atomic E-state index is 0.161. The van der Waals surface area contributed by atoms with Gasteiger partial charge in [0.25, 0.3) is 0 Å². The second kappa shape index (κ2) is 4.84. The normalized spacial score (nSPS) is 28.4. The van der Waals surface area contributed by atoms with Crippen LogP contribution >= 0.6 is 11.6 Å². The number of rotatable bonds is 3. The summed E-state index contributed by atoms with van der Waals surface area (Å²) in [4.78, 5) is 0. The van der Waals surface area contributed by atoms with E-state index < -0.39 is 5.60 Å². The predicted octanol–water partition coefficient (Wildman–Crippen LogP) is 2.43. The van der Waals surface area contributed by atoms with Gasteiger partial charge in [-0.2, -0.15) is 0 Å². The predicted molar refractivity (Wildman–Crippen MR) is 66.7 cm³/mol. The molecule has 0 amide bonds. The number of hydrogen-bond donors (Lipinski definition) is 1. The van der Waals surface area contributed by atoms with Crippen molar-refractivity contribution in [2.24, 2.45) is 0 Å². The van der Waals surface area contributed by atoms with Crippen molar-refractivity contribution in [3.63, 3.8) is 0 Å². The van der Waals surface area contributed by atoms with Crippen molar-refractivity contribution < 1.29 is 14.6 Å². The van der Waals surface area contributed by atoms with Crippen LogP contribution in [-0.4, -0.2) is 30.5 Å². The highest BCUT2D eigenvalue weighted by atomic mass is 35.5. The average molecular weight is 257 g/mol. The molecule has 1 saturated heterocycles. The maximum absolute atomic E-state index is 10.5. The molecule has 2 rings (SSSR count). The monoisotopic (exact) mass is 256 g/mol. The van der Waals surface area contributed by atoms with Crippen molar-refractivity contribution >= 4 is 11.6 Å². The van der Waals surface area contributed by atoms with Gasteiger partial charge in [-0.3, -0.25) is 0 Å². The molecule has 4 heteroatoms. The van der Waals surface area contributed by atoms with Gasteiger partial charge in [0.2, 0.25) is 0 Å². The Morgan fingerprint density at radius 3 is 2.94 bits per heavy atom. The van der Waals surface area contributed by atoms with Crippen LogP contribution in [0.5, 0.6) is 5.75 Å². The van der Waals surface area contributed by atoms with E-state index in [2.05, 4.69) is 0 Å². The molecular formula is C13H17ClO3. The van der Waals surface area contributed by atoms with Gasteiger partial charge in [-0.05, 0) is 30.7 Å². The van der Waals surface area contributed by atoms with Crippen LogP contribution in [0.25, 0.3) is 0 Å². The number of ether oxygens (including phenoxy) is 2. The largest absolute Gasteiger partial charge is 0.496 e. The topological polar surface area (TPSA) is 38.7 Å². The van der Waals surface area contributed by atoms with Gasteiger partial charge < -0.3 is 14.6 Å². The summed E-state index contributed by atoms with van der Waals surface area (Å²) in [6.07, 6.45) is 0.980. The molecule has 0 spiro atoms. The Morgan fingerprint density at radius 1 is 1.59 bits per heavy atom. The molecule has 0 aromatic heterocycles. The first-order chi connectivity index (χ1) is 8.05. The Bertz CT molecular complexity index is 408. The van der Waals surface area contributed by atoms with Crippen molar-refractivity contribution in [2.45, 2.75) is 31.5 Å². The SMILES string of the molecule is COc1ccc(Cl)cc1CC1(O)CCOC1C. The van der Waals surface area contributed by atoms with E-state index in [0.29, 0.717) is 24.5 Å². The van der Waals surface area contributed by atoms with Crippen molar-refractivity contribution in [3.8, 4) is 5.75 Å². The summed E-state index contributed by atoms with van der Waals surface area (Å²) < 4.78 is 10.7. The van der Waals surface area contributed by atoms with Crippen LogP contribution in [0.1, 0.15) is 18.9 Å². The van der Waals surface area contributed by atoms with E-state index in [9.17, 15) is 5.11 Å². The van der Waals surface area contributed by atoms with Gasteiger partial charge in [0.15, 0.2) is 0 Å². The Balaban J connectivity index is 2.25. The molecule has 1 aliphatic heterocycles. The molecule has 17 heavy (non-hydrogen) atoms. The van der Waals surface area contributed by atoms with E-state index in [1.165, 1.54) is 0 Å². The van der Waals surface area contributed by atoms with Gasteiger partial charge >= 0.3 is 0 Å². The number of aliphatic hydroxyl groups is 1. The molecular weight excluding hydrogens is 240 g/mol. The first-order valence-corrected chi connectivity index (χ1v) is 6.09. The second-order valence-electron chi connectivity index (χ2n) is 4.50. The Kier molecular flexibility index (Phi) is 3.61. The molecule has 1 aliphatic rings. The Morgan fingerprint density at radius 2 is 2.35 bits per heavy atom. The molecule has 0 radical (unpaired) electrons. The summed E-state index contributed by atoms with van der Waals surface area (Å²) in [6, 6.07) is 5.44. The maximum atomic E-state index is 10.5. The van der Waals surface area contributed by atoms with Crippen molar-refractivity contribution in [3.05, 3.63) is 28.8 Å². The summed E-state index contributed by atoms with van der Waals surface area (Å²) in [5, 5.41) is 11.1. The standard InChI is InChI=1S/C13H17ClO3/c1-9-13(15,5-6-17-9)8-10-7-11(14)3-4-12(10)16-2/h3-4,7,9,15H,5-6,8H2,1-2H3. The minimum Gasteiger partial charge on any atom is -0.496 e. The fourth-order valence-corrected chi connectivity index (χ4v) is 2.41. The lowest BCUT2D eigenvalue weighted by Gasteiger charge is -2.26. The lowest BCUT2D eigenvalue weighted by molar-refractivity contribution is -0.0271. The summed E-state index contributed by atoms with van der Waals surface area (Å²) >= 11 is 5.97. The van der Waals surface area contributed by atoms with E-state index in [-0.39, 0.29) is 6.10 Å². The molecule has 0 bridgehead atoms. The van der Waals surface area contributed by atoms with E-state index in [0.717, 1.165) is 11.3 Å². The quantitative estimate of drug-likeness (QED) is 0.903. The Hall–Kier alpha value is -0.770. The molecule has 1 aromatic rings. The lowest BCUT2D eigenvalue weighted by Crippen LogP contribution is -2.38.